The van der Waals surface area contributed by atoms with Gasteiger partial charge < -0.3 is 15.2 Å². The third-order valence-electron chi connectivity index (χ3n) is 2.61. The number of rotatable bonds is 8. The van der Waals surface area contributed by atoms with E-state index in [1.54, 1.807) is 0 Å². The van der Waals surface area contributed by atoms with E-state index in [1.165, 1.54) is 0 Å². The van der Waals surface area contributed by atoms with Crippen molar-refractivity contribution < 1.29 is 9.47 Å². The molecule has 0 heterocycles. The van der Waals surface area contributed by atoms with Crippen molar-refractivity contribution in [1.29, 1.82) is 0 Å². The molecule has 0 fully saturated rings. The van der Waals surface area contributed by atoms with Gasteiger partial charge in [0.15, 0.2) is 0 Å². The summed E-state index contributed by atoms with van der Waals surface area (Å²) in [5, 5.41) is 0. The Morgan fingerprint density at radius 1 is 1.28 bits per heavy atom. The van der Waals surface area contributed by atoms with Crippen LogP contribution in [-0.2, 0) is 4.74 Å². The maximum Gasteiger partial charge on any atom is 0.133 e. The lowest BCUT2D eigenvalue weighted by Gasteiger charge is -2.11. The van der Waals surface area contributed by atoms with Crippen LogP contribution in [0.4, 0.5) is 0 Å². The quantitative estimate of drug-likeness (QED) is 0.744. The van der Waals surface area contributed by atoms with Crippen molar-refractivity contribution >= 4 is 15.9 Å². The van der Waals surface area contributed by atoms with E-state index < -0.39 is 0 Å². The zero-order valence-corrected chi connectivity index (χ0v) is 12.7. The molecule has 3 nitrogen and oxygen atoms in total. The van der Waals surface area contributed by atoms with Crippen LogP contribution in [0.1, 0.15) is 38.3 Å². The van der Waals surface area contributed by atoms with Gasteiger partial charge in [0.25, 0.3) is 0 Å². The Balaban J connectivity index is 2.34. The van der Waals surface area contributed by atoms with Crippen molar-refractivity contribution in [2.75, 3.05) is 19.8 Å². The molecular weight excluding hydrogens is 294 g/mol. The van der Waals surface area contributed by atoms with Crippen LogP contribution in [0.2, 0.25) is 0 Å². The molecule has 4 heteroatoms. The number of halogens is 1. The van der Waals surface area contributed by atoms with E-state index in [9.17, 15) is 0 Å². The lowest BCUT2D eigenvalue weighted by atomic mass is 10.1. The number of benzene rings is 1. The van der Waals surface area contributed by atoms with Crippen molar-refractivity contribution in [3.05, 3.63) is 28.2 Å². The minimum atomic E-state index is 0.0349. The second-order valence-electron chi connectivity index (χ2n) is 4.29. The number of nitrogens with two attached hydrogens (primary N) is 1. The van der Waals surface area contributed by atoms with Gasteiger partial charge in [0.05, 0.1) is 11.1 Å². The molecule has 0 saturated carbocycles. The van der Waals surface area contributed by atoms with E-state index in [-0.39, 0.29) is 6.04 Å². The predicted octanol–water partition coefficient (Wildman–Crippen LogP) is 3.66. The molecule has 0 aliphatic carbocycles. The zero-order chi connectivity index (χ0) is 13.4. The van der Waals surface area contributed by atoms with E-state index in [1.807, 2.05) is 25.1 Å². The van der Waals surface area contributed by atoms with E-state index in [0.717, 1.165) is 35.2 Å². The summed E-state index contributed by atoms with van der Waals surface area (Å²) < 4.78 is 12.0. The van der Waals surface area contributed by atoms with E-state index in [2.05, 4.69) is 22.9 Å². The minimum absolute atomic E-state index is 0.0349. The van der Waals surface area contributed by atoms with Crippen molar-refractivity contribution in [3.63, 3.8) is 0 Å². The molecule has 1 aromatic carbocycles. The highest BCUT2D eigenvalue weighted by molar-refractivity contribution is 9.10. The molecule has 102 valence electrons. The molecule has 0 aliphatic heterocycles. The van der Waals surface area contributed by atoms with E-state index >= 15 is 0 Å². The van der Waals surface area contributed by atoms with Gasteiger partial charge in [-0.25, -0.2) is 0 Å². The molecule has 0 aliphatic rings. The Morgan fingerprint density at radius 2 is 2.06 bits per heavy atom. The highest BCUT2D eigenvalue weighted by Crippen LogP contribution is 2.27. The molecule has 1 atom stereocenters. The number of unbranched alkanes of at least 4 members (excludes halogenated alkanes) is 1. The minimum Gasteiger partial charge on any atom is -0.490 e. The van der Waals surface area contributed by atoms with Gasteiger partial charge in [0.2, 0.25) is 0 Å². The van der Waals surface area contributed by atoms with Crippen LogP contribution < -0.4 is 10.5 Å². The molecule has 1 unspecified atom stereocenters. The van der Waals surface area contributed by atoms with Crippen LogP contribution in [0.5, 0.6) is 5.75 Å². The summed E-state index contributed by atoms with van der Waals surface area (Å²) in [4.78, 5) is 0. The van der Waals surface area contributed by atoms with Crippen molar-refractivity contribution in [2.24, 2.45) is 5.73 Å². The van der Waals surface area contributed by atoms with Crippen LogP contribution in [-0.4, -0.2) is 19.8 Å². The van der Waals surface area contributed by atoms with Gasteiger partial charge in [-0.2, -0.15) is 0 Å². The van der Waals surface area contributed by atoms with Crippen molar-refractivity contribution in [2.45, 2.75) is 32.7 Å². The molecule has 0 radical (unpaired) electrons. The molecular formula is C14H22BrNO2. The van der Waals surface area contributed by atoms with Crippen LogP contribution in [0.15, 0.2) is 22.7 Å². The monoisotopic (exact) mass is 315 g/mol. The first-order chi connectivity index (χ1) is 8.65. The first-order valence-electron chi connectivity index (χ1n) is 6.40. The second-order valence-corrected chi connectivity index (χ2v) is 5.15. The largest absolute Gasteiger partial charge is 0.490 e. The first kappa shape index (κ1) is 15.5. The molecule has 0 bridgehead atoms. The topological polar surface area (TPSA) is 44.5 Å². The van der Waals surface area contributed by atoms with Crippen molar-refractivity contribution in [1.82, 2.24) is 0 Å². The van der Waals surface area contributed by atoms with Crippen LogP contribution in [0.25, 0.3) is 0 Å². The van der Waals surface area contributed by atoms with Gasteiger partial charge in [-0.1, -0.05) is 19.4 Å². The molecule has 0 spiro atoms. The summed E-state index contributed by atoms with van der Waals surface area (Å²) in [6.07, 6.45) is 2.26. The van der Waals surface area contributed by atoms with E-state index in [4.69, 9.17) is 15.2 Å². The van der Waals surface area contributed by atoms with Gasteiger partial charge in [0, 0.05) is 12.6 Å². The fraction of sp³-hybridized carbons (Fsp3) is 0.571. The maximum absolute atomic E-state index is 5.82. The lowest BCUT2D eigenvalue weighted by molar-refractivity contribution is 0.0978. The summed E-state index contributed by atoms with van der Waals surface area (Å²) in [7, 11) is 0. The molecule has 0 amide bonds. The van der Waals surface area contributed by atoms with E-state index in [0.29, 0.717) is 13.2 Å². The van der Waals surface area contributed by atoms with Gasteiger partial charge in [-0.05, 0) is 47.0 Å². The Labute approximate surface area is 118 Å². The predicted molar refractivity (Wildman–Crippen MR) is 78.0 cm³/mol. The maximum atomic E-state index is 5.82. The average molecular weight is 316 g/mol. The van der Waals surface area contributed by atoms with Crippen LogP contribution >= 0.6 is 15.9 Å². The third-order valence-corrected chi connectivity index (χ3v) is 3.23. The summed E-state index contributed by atoms with van der Waals surface area (Å²) in [6, 6.07) is 5.96. The SMILES string of the molecule is CCCCOCCOc1ccc(C(C)N)cc1Br. The lowest BCUT2D eigenvalue weighted by Crippen LogP contribution is -2.08. The van der Waals surface area contributed by atoms with Crippen LogP contribution in [0.3, 0.4) is 0 Å². The van der Waals surface area contributed by atoms with Crippen molar-refractivity contribution in [3.8, 4) is 5.75 Å². The smallest absolute Gasteiger partial charge is 0.133 e. The molecule has 1 rings (SSSR count). The first-order valence-corrected chi connectivity index (χ1v) is 7.20. The average Bonchev–Trinajstić information content (AvgIpc) is 2.35. The molecule has 18 heavy (non-hydrogen) atoms. The standard InChI is InChI=1S/C14H22BrNO2/c1-3-4-7-17-8-9-18-14-6-5-12(11(2)16)10-13(14)15/h5-6,10-11H,3-4,7-9,16H2,1-2H3. The number of hydrogen-bond donors (Lipinski definition) is 1. The summed E-state index contributed by atoms with van der Waals surface area (Å²) in [5.41, 5.74) is 6.91. The number of ether oxygens (including phenoxy) is 2. The third kappa shape index (κ3) is 5.38. The molecule has 1 aromatic rings. The fourth-order valence-electron chi connectivity index (χ4n) is 1.48. The Hall–Kier alpha value is -0.580. The Bertz CT molecular complexity index is 356. The Morgan fingerprint density at radius 3 is 2.67 bits per heavy atom. The molecule has 0 saturated heterocycles. The molecule has 0 aromatic heterocycles. The van der Waals surface area contributed by atoms with Crippen LogP contribution in [0, 0.1) is 0 Å². The second kappa shape index (κ2) is 8.51. The number of hydrogen-bond acceptors (Lipinski definition) is 3. The Kier molecular flexibility index (Phi) is 7.32. The van der Waals surface area contributed by atoms with Gasteiger partial charge >= 0.3 is 0 Å². The van der Waals surface area contributed by atoms with Gasteiger partial charge in [-0.15, -0.1) is 0 Å². The highest BCUT2D eigenvalue weighted by atomic mass is 79.9. The van der Waals surface area contributed by atoms with Gasteiger partial charge in [0.1, 0.15) is 12.4 Å². The summed E-state index contributed by atoms with van der Waals surface area (Å²) in [5.74, 6) is 0.832. The normalized spacial score (nSPS) is 12.4. The zero-order valence-electron chi connectivity index (χ0n) is 11.1. The highest BCUT2D eigenvalue weighted by Gasteiger charge is 2.05. The fourth-order valence-corrected chi connectivity index (χ4v) is 1.99. The van der Waals surface area contributed by atoms with Gasteiger partial charge in [-0.3, -0.25) is 0 Å². The summed E-state index contributed by atoms with van der Waals surface area (Å²) >= 11 is 3.49. The molecule has 2 N–H and O–H groups in total. The summed E-state index contributed by atoms with van der Waals surface area (Å²) in [6.45, 7) is 6.12.